The van der Waals surface area contributed by atoms with Crippen LogP contribution in [0.1, 0.15) is 12.8 Å². The topological polar surface area (TPSA) is 59.6 Å². The first-order valence-electron chi connectivity index (χ1n) is 6.73. The molecule has 110 valence electrons. The van der Waals surface area contributed by atoms with Crippen LogP contribution in [0, 0.1) is 0 Å². The lowest BCUT2D eigenvalue weighted by molar-refractivity contribution is 0.483. The van der Waals surface area contributed by atoms with E-state index < -0.39 is 0 Å². The zero-order chi connectivity index (χ0) is 13.8. The summed E-state index contributed by atoms with van der Waals surface area (Å²) < 4.78 is 5.77. The Labute approximate surface area is 141 Å². The Kier molecular flexibility index (Phi) is 5.44. The molecule has 3 N–H and O–H groups in total. The number of aliphatic imine (C=N–C) groups is 1. The fraction of sp³-hybridized carbons (Fsp3) is 0.188. The summed E-state index contributed by atoms with van der Waals surface area (Å²) in [7, 11) is 0. The van der Waals surface area contributed by atoms with Gasteiger partial charge in [0.25, 0.3) is 0 Å². The number of hydrogen-bond acceptors (Lipinski definition) is 2. The zero-order valence-corrected chi connectivity index (χ0v) is 13.9. The first-order valence-corrected chi connectivity index (χ1v) is 6.73. The highest BCUT2D eigenvalue weighted by atomic mass is 127. The van der Waals surface area contributed by atoms with Crippen molar-refractivity contribution in [1.29, 1.82) is 0 Å². The Bertz CT molecular complexity index is 612. The molecule has 0 bridgehead atoms. The van der Waals surface area contributed by atoms with Gasteiger partial charge in [-0.3, -0.25) is 0 Å². The predicted molar refractivity (Wildman–Crippen MR) is 96.6 cm³/mol. The van der Waals surface area contributed by atoms with E-state index in [4.69, 9.17) is 10.5 Å². The number of nitrogens with two attached hydrogens (primary N) is 1. The molecule has 0 saturated heterocycles. The van der Waals surface area contributed by atoms with Crippen LogP contribution in [0.3, 0.4) is 0 Å². The number of nitrogens with zero attached hydrogens (tertiary/aromatic N) is 1. The van der Waals surface area contributed by atoms with E-state index in [0.29, 0.717) is 12.0 Å². The van der Waals surface area contributed by atoms with Crippen LogP contribution < -0.4 is 15.8 Å². The van der Waals surface area contributed by atoms with Crippen molar-refractivity contribution in [2.24, 2.45) is 10.7 Å². The summed E-state index contributed by atoms with van der Waals surface area (Å²) in [5, 5.41) is 3.09. The molecular formula is C16H18IN3O. The van der Waals surface area contributed by atoms with Crippen LogP contribution >= 0.6 is 24.0 Å². The second-order valence-corrected chi connectivity index (χ2v) is 4.81. The van der Waals surface area contributed by atoms with Gasteiger partial charge in [0.2, 0.25) is 0 Å². The van der Waals surface area contributed by atoms with Crippen molar-refractivity contribution in [3.63, 3.8) is 0 Å². The molecule has 1 fully saturated rings. The second-order valence-electron chi connectivity index (χ2n) is 4.81. The van der Waals surface area contributed by atoms with Gasteiger partial charge in [-0.1, -0.05) is 24.3 Å². The first kappa shape index (κ1) is 15.6. The molecule has 21 heavy (non-hydrogen) atoms. The average Bonchev–Trinajstić information content (AvgIpc) is 3.24. The predicted octanol–water partition coefficient (Wildman–Crippen LogP) is 3.99. The third kappa shape index (κ3) is 4.93. The average molecular weight is 395 g/mol. The smallest absolute Gasteiger partial charge is 0.193 e. The van der Waals surface area contributed by atoms with Gasteiger partial charge in [-0.2, -0.15) is 0 Å². The van der Waals surface area contributed by atoms with E-state index in [1.54, 1.807) is 0 Å². The van der Waals surface area contributed by atoms with Crippen LogP contribution in [0.2, 0.25) is 0 Å². The summed E-state index contributed by atoms with van der Waals surface area (Å²) >= 11 is 0. The maximum atomic E-state index is 5.85. The summed E-state index contributed by atoms with van der Waals surface area (Å²) in [4.78, 5) is 4.34. The van der Waals surface area contributed by atoms with Crippen LogP contribution in [0.5, 0.6) is 11.5 Å². The number of guanidine groups is 1. The number of nitrogens with one attached hydrogen (secondary N) is 1. The van der Waals surface area contributed by atoms with Crippen molar-refractivity contribution in [2.75, 3.05) is 5.32 Å². The fourth-order valence-corrected chi connectivity index (χ4v) is 1.84. The lowest BCUT2D eigenvalue weighted by Gasteiger charge is -2.09. The third-order valence-electron chi connectivity index (χ3n) is 2.95. The van der Waals surface area contributed by atoms with Gasteiger partial charge in [0.1, 0.15) is 11.5 Å². The lowest BCUT2D eigenvalue weighted by Crippen LogP contribution is -2.22. The van der Waals surface area contributed by atoms with Gasteiger partial charge in [-0.15, -0.1) is 24.0 Å². The molecule has 0 radical (unpaired) electrons. The number of ether oxygens (including phenoxy) is 1. The largest absolute Gasteiger partial charge is 0.457 e. The van der Waals surface area contributed by atoms with Crippen molar-refractivity contribution < 1.29 is 4.74 Å². The Balaban J connectivity index is 0.00000161. The summed E-state index contributed by atoms with van der Waals surface area (Å²) in [5.41, 5.74) is 6.72. The van der Waals surface area contributed by atoms with Gasteiger partial charge in [-0.05, 0) is 37.1 Å². The minimum atomic E-state index is 0. The molecule has 0 unspecified atom stereocenters. The van der Waals surface area contributed by atoms with E-state index in [2.05, 4.69) is 10.3 Å². The molecule has 1 saturated carbocycles. The minimum absolute atomic E-state index is 0. The molecule has 0 aliphatic heterocycles. The van der Waals surface area contributed by atoms with Crippen molar-refractivity contribution in [1.82, 2.24) is 0 Å². The summed E-state index contributed by atoms with van der Waals surface area (Å²) in [6, 6.07) is 17.8. The van der Waals surface area contributed by atoms with Gasteiger partial charge in [0.15, 0.2) is 5.96 Å². The zero-order valence-electron chi connectivity index (χ0n) is 11.5. The normalized spacial score (nSPS) is 14.2. The standard InChI is InChI=1S/C16H17N3O.HI/c17-16(18-12-9-10-12)19-13-5-4-8-15(11-13)20-14-6-2-1-3-7-14;/h1-8,11-12H,9-10H2,(H3,17,18,19);1H. The SMILES string of the molecule is I.NC(=NC1CC1)Nc1cccc(Oc2ccccc2)c1. The molecule has 0 spiro atoms. The molecular weight excluding hydrogens is 377 g/mol. The number of rotatable bonds is 4. The van der Waals surface area contributed by atoms with E-state index >= 15 is 0 Å². The van der Waals surface area contributed by atoms with Crippen LogP contribution in [0.4, 0.5) is 5.69 Å². The Morgan fingerprint density at radius 2 is 1.76 bits per heavy atom. The lowest BCUT2D eigenvalue weighted by atomic mass is 10.3. The van der Waals surface area contributed by atoms with E-state index in [9.17, 15) is 0 Å². The number of hydrogen-bond donors (Lipinski definition) is 2. The summed E-state index contributed by atoms with van der Waals surface area (Å²) in [6.07, 6.45) is 2.28. The third-order valence-corrected chi connectivity index (χ3v) is 2.95. The van der Waals surface area contributed by atoms with Crippen LogP contribution in [0.25, 0.3) is 0 Å². The van der Waals surface area contributed by atoms with E-state index in [0.717, 1.165) is 30.0 Å². The van der Waals surface area contributed by atoms with Gasteiger partial charge in [-0.25, -0.2) is 4.99 Å². The van der Waals surface area contributed by atoms with Gasteiger partial charge < -0.3 is 15.8 Å². The van der Waals surface area contributed by atoms with Gasteiger partial charge in [0.05, 0.1) is 6.04 Å². The molecule has 0 heterocycles. The maximum Gasteiger partial charge on any atom is 0.193 e. The van der Waals surface area contributed by atoms with Crippen LogP contribution in [-0.2, 0) is 0 Å². The highest BCUT2D eigenvalue weighted by Gasteiger charge is 2.20. The molecule has 2 aromatic rings. The van der Waals surface area contributed by atoms with Gasteiger partial charge >= 0.3 is 0 Å². The Morgan fingerprint density at radius 3 is 2.48 bits per heavy atom. The monoisotopic (exact) mass is 395 g/mol. The van der Waals surface area contributed by atoms with Crippen molar-refractivity contribution >= 4 is 35.6 Å². The number of anilines is 1. The quantitative estimate of drug-likeness (QED) is 0.468. The first-order chi connectivity index (χ1) is 9.79. The van der Waals surface area contributed by atoms with E-state index in [1.165, 1.54) is 0 Å². The Morgan fingerprint density at radius 1 is 1.05 bits per heavy atom. The molecule has 1 aliphatic carbocycles. The summed E-state index contributed by atoms with van der Waals surface area (Å²) in [5.74, 6) is 2.04. The van der Waals surface area contributed by atoms with Crippen molar-refractivity contribution in [3.05, 3.63) is 54.6 Å². The molecule has 2 aromatic carbocycles. The molecule has 1 aliphatic rings. The van der Waals surface area contributed by atoms with Crippen LogP contribution in [-0.4, -0.2) is 12.0 Å². The fourth-order valence-electron chi connectivity index (χ4n) is 1.84. The minimum Gasteiger partial charge on any atom is -0.457 e. The molecule has 0 amide bonds. The van der Waals surface area contributed by atoms with Crippen molar-refractivity contribution in [2.45, 2.75) is 18.9 Å². The Hall–Kier alpha value is -1.76. The number of benzene rings is 2. The number of para-hydroxylation sites is 1. The summed E-state index contributed by atoms with van der Waals surface area (Å²) in [6.45, 7) is 0. The maximum absolute atomic E-state index is 5.85. The van der Waals surface area contributed by atoms with Crippen molar-refractivity contribution in [3.8, 4) is 11.5 Å². The highest BCUT2D eigenvalue weighted by molar-refractivity contribution is 14.0. The van der Waals surface area contributed by atoms with E-state index in [1.807, 2.05) is 54.6 Å². The highest BCUT2D eigenvalue weighted by Crippen LogP contribution is 2.25. The molecule has 0 aromatic heterocycles. The van der Waals surface area contributed by atoms with Gasteiger partial charge in [0, 0.05) is 11.8 Å². The molecule has 4 nitrogen and oxygen atoms in total. The molecule has 0 atom stereocenters. The number of halogens is 1. The van der Waals surface area contributed by atoms with E-state index in [-0.39, 0.29) is 24.0 Å². The molecule has 3 rings (SSSR count). The second kappa shape index (κ2) is 7.31. The van der Waals surface area contributed by atoms with Crippen LogP contribution in [0.15, 0.2) is 59.6 Å². The molecule has 5 heteroatoms.